The van der Waals surface area contributed by atoms with Crippen molar-refractivity contribution in [3.63, 3.8) is 0 Å². The Balaban J connectivity index is 3.95. The summed E-state index contributed by atoms with van der Waals surface area (Å²) in [6.45, 7) is 5.34. The first-order valence-electron chi connectivity index (χ1n) is 3.99. The van der Waals surface area contributed by atoms with Crippen LogP contribution in [0, 0.1) is 5.92 Å². The van der Waals surface area contributed by atoms with E-state index in [4.69, 9.17) is 5.11 Å². The SMILES string of the molecule is CC(C)=CCC(O)[C@@H](C)C(=O)O. The molecule has 0 rings (SSSR count). The van der Waals surface area contributed by atoms with Crippen molar-refractivity contribution in [1.82, 2.24) is 0 Å². The van der Waals surface area contributed by atoms with Gasteiger partial charge in [0, 0.05) is 0 Å². The number of aliphatic hydroxyl groups is 1. The van der Waals surface area contributed by atoms with Gasteiger partial charge in [0.25, 0.3) is 0 Å². The summed E-state index contributed by atoms with van der Waals surface area (Å²) in [5, 5.41) is 17.8. The van der Waals surface area contributed by atoms with E-state index in [1.54, 1.807) is 0 Å². The number of rotatable bonds is 4. The summed E-state index contributed by atoms with van der Waals surface area (Å²) >= 11 is 0. The summed E-state index contributed by atoms with van der Waals surface area (Å²) in [5.74, 6) is -1.65. The highest BCUT2D eigenvalue weighted by molar-refractivity contribution is 5.70. The molecule has 0 saturated heterocycles. The van der Waals surface area contributed by atoms with Crippen LogP contribution in [0.3, 0.4) is 0 Å². The number of allylic oxidation sites excluding steroid dienone is 1. The van der Waals surface area contributed by atoms with Crippen LogP contribution in [0.1, 0.15) is 27.2 Å². The topological polar surface area (TPSA) is 57.5 Å². The summed E-state index contributed by atoms with van der Waals surface area (Å²) in [7, 11) is 0. The second-order valence-corrected chi connectivity index (χ2v) is 3.21. The molecule has 3 nitrogen and oxygen atoms in total. The molecule has 0 aliphatic rings. The lowest BCUT2D eigenvalue weighted by Gasteiger charge is -2.12. The van der Waals surface area contributed by atoms with Crippen molar-refractivity contribution in [2.75, 3.05) is 0 Å². The first kappa shape index (κ1) is 11.2. The van der Waals surface area contributed by atoms with Gasteiger partial charge in [-0.25, -0.2) is 0 Å². The lowest BCUT2D eigenvalue weighted by Crippen LogP contribution is -2.24. The fourth-order valence-electron chi connectivity index (χ4n) is 0.725. The molecule has 0 aromatic carbocycles. The number of carboxylic acids is 1. The number of hydrogen-bond acceptors (Lipinski definition) is 2. The van der Waals surface area contributed by atoms with Crippen LogP contribution in [0.25, 0.3) is 0 Å². The number of hydrogen-bond donors (Lipinski definition) is 2. The van der Waals surface area contributed by atoms with Crippen molar-refractivity contribution in [3.8, 4) is 0 Å². The molecular weight excluding hydrogens is 156 g/mol. The highest BCUT2D eigenvalue weighted by Crippen LogP contribution is 2.08. The van der Waals surface area contributed by atoms with Gasteiger partial charge in [0.15, 0.2) is 0 Å². The first-order chi connectivity index (χ1) is 5.45. The van der Waals surface area contributed by atoms with Gasteiger partial charge in [-0.15, -0.1) is 0 Å². The van der Waals surface area contributed by atoms with Gasteiger partial charge in [0.2, 0.25) is 0 Å². The number of carbonyl (C=O) groups is 1. The second-order valence-electron chi connectivity index (χ2n) is 3.21. The Bertz CT molecular complexity index is 180. The Kier molecular flexibility index (Phi) is 4.59. The van der Waals surface area contributed by atoms with Crippen LogP contribution in [0.15, 0.2) is 11.6 Å². The average Bonchev–Trinajstić information content (AvgIpc) is 1.98. The van der Waals surface area contributed by atoms with E-state index in [1.165, 1.54) is 6.92 Å². The molecule has 2 N–H and O–H groups in total. The highest BCUT2D eigenvalue weighted by Gasteiger charge is 2.19. The molecule has 0 fully saturated rings. The van der Waals surface area contributed by atoms with Crippen LogP contribution in [0.5, 0.6) is 0 Å². The molecule has 70 valence electrons. The molecule has 0 heterocycles. The summed E-state index contributed by atoms with van der Waals surface area (Å²) in [4.78, 5) is 10.4. The molecular formula is C9H16O3. The zero-order valence-electron chi connectivity index (χ0n) is 7.74. The van der Waals surface area contributed by atoms with Crippen LogP contribution in [-0.2, 0) is 4.79 Å². The monoisotopic (exact) mass is 172 g/mol. The Morgan fingerprint density at radius 2 is 2.00 bits per heavy atom. The maximum Gasteiger partial charge on any atom is 0.308 e. The lowest BCUT2D eigenvalue weighted by molar-refractivity contribution is -0.144. The van der Waals surface area contributed by atoms with Gasteiger partial charge in [-0.1, -0.05) is 11.6 Å². The van der Waals surface area contributed by atoms with E-state index in [9.17, 15) is 9.90 Å². The molecule has 0 bridgehead atoms. The van der Waals surface area contributed by atoms with Crippen LogP contribution < -0.4 is 0 Å². The van der Waals surface area contributed by atoms with Crippen molar-refractivity contribution in [2.45, 2.75) is 33.3 Å². The van der Waals surface area contributed by atoms with Crippen molar-refractivity contribution in [2.24, 2.45) is 5.92 Å². The molecule has 3 heteroatoms. The fraction of sp³-hybridized carbons (Fsp3) is 0.667. The minimum atomic E-state index is -0.954. The summed E-state index contributed by atoms with van der Waals surface area (Å²) < 4.78 is 0. The van der Waals surface area contributed by atoms with Gasteiger partial charge in [-0.2, -0.15) is 0 Å². The molecule has 0 saturated carbocycles. The van der Waals surface area contributed by atoms with Crippen LogP contribution in [0.2, 0.25) is 0 Å². The molecule has 2 atom stereocenters. The van der Waals surface area contributed by atoms with Crippen molar-refractivity contribution in [3.05, 3.63) is 11.6 Å². The van der Waals surface area contributed by atoms with Crippen molar-refractivity contribution < 1.29 is 15.0 Å². The maximum absolute atomic E-state index is 10.4. The zero-order valence-corrected chi connectivity index (χ0v) is 7.74. The van der Waals surface area contributed by atoms with E-state index >= 15 is 0 Å². The quantitative estimate of drug-likeness (QED) is 0.630. The van der Waals surface area contributed by atoms with Crippen molar-refractivity contribution >= 4 is 5.97 Å². The normalized spacial score (nSPS) is 15.0. The molecule has 0 aromatic rings. The van der Waals surface area contributed by atoms with E-state index < -0.39 is 18.0 Å². The Hall–Kier alpha value is -0.830. The van der Waals surface area contributed by atoms with E-state index in [2.05, 4.69) is 0 Å². The van der Waals surface area contributed by atoms with Gasteiger partial charge >= 0.3 is 5.97 Å². The second kappa shape index (κ2) is 4.93. The summed E-state index contributed by atoms with van der Waals surface area (Å²) in [6, 6.07) is 0. The summed E-state index contributed by atoms with van der Waals surface area (Å²) in [5.41, 5.74) is 1.09. The molecule has 0 aliphatic heterocycles. The van der Waals surface area contributed by atoms with Crippen LogP contribution in [-0.4, -0.2) is 22.3 Å². The standard InChI is InChI=1S/C9H16O3/c1-6(2)4-5-8(10)7(3)9(11)12/h4,7-8,10H,5H2,1-3H3,(H,11,12)/t7-,8?/m1/s1. The van der Waals surface area contributed by atoms with Gasteiger partial charge in [-0.3, -0.25) is 4.79 Å². The highest BCUT2D eigenvalue weighted by atomic mass is 16.4. The third-order valence-electron chi connectivity index (χ3n) is 1.73. The van der Waals surface area contributed by atoms with E-state index in [-0.39, 0.29) is 0 Å². The lowest BCUT2D eigenvalue weighted by atomic mass is 10.0. The number of aliphatic carboxylic acids is 1. The largest absolute Gasteiger partial charge is 0.481 e. The van der Waals surface area contributed by atoms with Gasteiger partial charge in [0.1, 0.15) is 0 Å². The van der Waals surface area contributed by atoms with E-state index in [1.807, 2.05) is 19.9 Å². The molecule has 12 heavy (non-hydrogen) atoms. The van der Waals surface area contributed by atoms with Crippen LogP contribution in [0.4, 0.5) is 0 Å². The van der Waals surface area contributed by atoms with Crippen LogP contribution >= 0.6 is 0 Å². The Labute approximate surface area is 72.7 Å². The smallest absolute Gasteiger partial charge is 0.308 e. The molecule has 1 unspecified atom stereocenters. The fourth-order valence-corrected chi connectivity index (χ4v) is 0.725. The number of aliphatic hydroxyl groups excluding tert-OH is 1. The molecule has 0 aromatic heterocycles. The Morgan fingerprint density at radius 3 is 2.33 bits per heavy atom. The number of carboxylic acid groups (broad SMARTS) is 1. The predicted molar refractivity (Wildman–Crippen MR) is 46.9 cm³/mol. The maximum atomic E-state index is 10.4. The third-order valence-corrected chi connectivity index (χ3v) is 1.73. The van der Waals surface area contributed by atoms with Crippen molar-refractivity contribution in [1.29, 1.82) is 0 Å². The third kappa shape index (κ3) is 4.13. The van der Waals surface area contributed by atoms with E-state index in [0.717, 1.165) is 5.57 Å². The molecule has 0 amide bonds. The zero-order chi connectivity index (χ0) is 9.72. The summed E-state index contributed by atoms with van der Waals surface area (Å²) in [6.07, 6.45) is 1.47. The van der Waals surface area contributed by atoms with Gasteiger partial charge in [-0.05, 0) is 27.2 Å². The Morgan fingerprint density at radius 1 is 1.50 bits per heavy atom. The molecule has 0 radical (unpaired) electrons. The predicted octanol–water partition coefficient (Wildman–Crippen LogP) is 1.42. The van der Waals surface area contributed by atoms with E-state index in [0.29, 0.717) is 6.42 Å². The van der Waals surface area contributed by atoms with Gasteiger partial charge in [0.05, 0.1) is 12.0 Å². The molecule has 0 spiro atoms. The minimum Gasteiger partial charge on any atom is -0.481 e. The minimum absolute atomic E-state index is 0.413. The molecule has 0 aliphatic carbocycles. The first-order valence-corrected chi connectivity index (χ1v) is 3.99. The average molecular weight is 172 g/mol. The van der Waals surface area contributed by atoms with Gasteiger partial charge < -0.3 is 10.2 Å².